The summed E-state index contributed by atoms with van der Waals surface area (Å²) in [5.41, 5.74) is -0.595. The number of methoxy groups -OCH3 is 1. The second-order valence-electron chi connectivity index (χ2n) is 6.87. The first-order valence-electron chi connectivity index (χ1n) is 8.05. The molecule has 9 heteroatoms. The molecule has 0 saturated carbocycles. The number of hydrogen-bond donors (Lipinski definition) is 0. The average molecular weight is 476 g/mol. The molecule has 2 aromatic rings. The van der Waals surface area contributed by atoms with Crippen LogP contribution in [0, 0.1) is 0 Å². The zero-order valence-corrected chi connectivity index (χ0v) is 19.0. The van der Waals surface area contributed by atoms with Crippen LogP contribution in [0.5, 0.6) is 5.75 Å². The van der Waals surface area contributed by atoms with E-state index < -0.39 is 21.5 Å². The number of carbonyl (C=O) groups is 1. The molecule has 0 atom stereocenters. The maximum absolute atomic E-state index is 13.0. The quantitative estimate of drug-likeness (QED) is 0.625. The van der Waals surface area contributed by atoms with Gasteiger partial charge in [-0.05, 0) is 61.0 Å². The molecule has 0 aliphatic rings. The first-order chi connectivity index (χ1) is 12.4. The topological polar surface area (TPSA) is 72.9 Å². The van der Waals surface area contributed by atoms with Crippen LogP contribution in [0.1, 0.15) is 25.6 Å². The maximum Gasteiger partial charge on any atom is 0.410 e. The molecule has 0 saturated heterocycles. The van der Waals surface area contributed by atoms with Gasteiger partial charge in [-0.1, -0.05) is 6.07 Å². The molecule has 0 radical (unpaired) electrons. The molecule has 148 valence electrons. The molecule has 0 aliphatic carbocycles. The molecule has 0 bridgehead atoms. The number of rotatable bonds is 5. The van der Waals surface area contributed by atoms with E-state index in [2.05, 4.69) is 15.9 Å². The molecule has 0 aliphatic heterocycles. The average Bonchev–Trinajstić information content (AvgIpc) is 2.94. The number of thiophene rings is 1. The largest absolute Gasteiger partial charge is 0.497 e. The number of nitrogens with zero attached hydrogens (tertiary/aromatic N) is 1. The molecular formula is C18H22BrNO5S2. The van der Waals surface area contributed by atoms with E-state index in [4.69, 9.17) is 9.47 Å². The van der Waals surface area contributed by atoms with Crippen molar-refractivity contribution < 1.29 is 22.7 Å². The van der Waals surface area contributed by atoms with E-state index in [1.165, 1.54) is 24.1 Å². The minimum Gasteiger partial charge on any atom is -0.497 e. The van der Waals surface area contributed by atoms with Crippen LogP contribution >= 0.6 is 27.3 Å². The molecule has 0 unspecified atom stereocenters. The summed E-state index contributed by atoms with van der Waals surface area (Å²) in [4.78, 5) is 14.4. The van der Waals surface area contributed by atoms with E-state index >= 15 is 0 Å². The van der Waals surface area contributed by atoms with Crippen molar-refractivity contribution in [3.8, 4) is 5.75 Å². The van der Waals surface area contributed by atoms with Crippen LogP contribution in [0.4, 0.5) is 4.79 Å². The van der Waals surface area contributed by atoms with Gasteiger partial charge in [0.1, 0.15) is 15.6 Å². The van der Waals surface area contributed by atoms with E-state index in [0.717, 1.165) is 16.2 Å². The van der Waals surface area contributed by atoms with Gasteiger partial charge in [-0.25, -0.2) is 13.2 Å². The van der Waals surface area contributed by atoms with Crippen molar-refractivity contribution in [3.05, 3.63) is 39.7 Å². The number of hydrogen-bond acceptors (Lipinski definition) is 6. The number of ether oxygens (including phenoxy) is 2. The summed E-state index contributed by atoms with van der Waals surface area (Å²) >= 11 is 4.44. The molecule has 0 N–H and O–H groups in total. The summed E-state index contributed by atoms with van der Waals surface area (Å²) in [5.74, 6) is 0.466. The van der Waals surface area contributed by atoms with Gasteiger partial charge >= 0.3 is 6.09 Å². The Kier molecular flexibility index (Phi) is 6.59. The van der Waals surface area contributed by atoms with E-state index in [9.17, 15) is 13.2 Å². The number of sulfone groups is 1. The third-order valence-corrected chi connectivity index (χ3v) is 7.96. The minimum atomic E-state index is -3.71. The lowest BCUT2D eigenvalue weighted by molar-refractivity contribution is 0.0286. The highest BCUT2D eigenvalue weighted by atomic mass is 79.9. The fraction of sp³-hybridized carbons (Fsp3) is 0.389. The van der Waals surface area contributed by atoms with Crippen LogP contribution in [0.2, 0.25) is 0 Å². The predicted octanol–water partition coefficient (Wildman–Crippen LogP) is 4.72. The number of carbonyl (C=O) groups excluding carboxylic acids is 1. The van der Waals surface area contributed by atoms with Gasteiger partial charge in [-0.15, -0.1) is 11.3 Å². The Labute approximate surface area is 172 Å². The third kappa shape index (κ3) is 5.46. The second kappa shape index (κ2) is 8.20. The Morgan fingerprint density at radius 3 is 2.52 bits per heavy atom. The lowest BCUT2D eigenvalue weighted by Crippen LogP contribution is -2.33. The SMILES string of the molecule is COc1cccc(S(=O)(=O)c2sc(CN(C)C(=O)OC(C)(C)C)cc2Br)c1. The Hall–Kier alpha value is -1.58. The minimum absolute atomic E-state index is 0.149. The molecule has 0 fully saturated rings. The molecule has 27 heavy (non-hydrogen) atoms. The van der Waals surface area contributed by atoms with Gasteiger partial charge in [-0.2, -0.15) is 0 Å². The monoisotopic (exact) mass is 475 g/mol. The Morgan fingerprint density at radius 1 is 1.26 bits per heavy atom. The predicted molar refractivity (Wildman–Crippen MR) is 108 cm³/mol. The highest BCUT2D eigenvalue weighted by molar-refractivity contribution is 9.10. The molecule has 1 aromatic heterocycles. The molecular weight excluding hydrogens is 454 g/mol. The van der Waals surface area contributed by atoms with E-state index in [0.29, 0.717) is 10.2 Å². The molecule has 1 heterocycles. The molecule has 6 nitrogen and oxygen atoms in total. The number of benzene rings is 1. The maximum atomic E-state index is 13.0. The van der Waals surface area contributed by atoms with Gasteiger partial charge < -0.3 is 14.4 Å². The van der Waals surface area contributed by atoms with E-state index in [1.54, 1.807) is 46.0 Å². The molecule has 1 amide bonds. The van der Waals surface area contributed by atoms with Gasteiger partial charge in [0, 0.05) is 16.4 Å². The van der Waals surface area contributed by atoms with Crippen molar-refractivity contribution in [2.75, 3.05) is 14.2 Å². The second-order valence-corrected chi connectivity index (χ2v) is 11.0. The lowest BCUT2D eigenvalue weighted by atomic mass is 10.2. The summed E-state index contributed by atoms with van der Waals surface area (Å²) in [6, 6.07) is 8.03. The van der Waals surface area contributed by atoms with Crippen molar-refractivity contribution in [2.24, 2.45) is 0 Å². The van der Waals surface area contributed by atoms with Crippen LogP contribution in [0.3, 0.4) is 0 Å². The number of halogens is 1. The van der Waals surface area contributed by atoms with Gasteiger partial charge in [0.2, 0.25) is 9.84 Å². The van der Waals surface area contributed by atoms with Crippen LogP contribution < -0.4 is 4.74 Å². The zero-order valence-electron chi connectivity index (χ0n) is 15.8. The standard InChI is InChI=1S/C18H22BrNO5S2/c1-18(2,3)25-17(21)20(4)11-13-10-15(19)16(26-13)27(22,23)14-8-6-7-12(9-14)24-5/h6-10H,11H2,1-5H3. The Morgan fingerprint density at radius 2 is 1.93 bits per heavy atom. The van der Waals surface area contributed by atoms with Crippen molar-refractivity contribution in [1.29, 1.82) is 0 Å². The summed E-state index contributed by atoms with van der Waals surface area (Å²) in [6.45, 7) is 5.61. The first-order valence-corrected chi connectivity index (χ1v) is 11.1. The van der Waals surface area contributed by atoms with Gasteiger partial charge in [0.05, 0.1) is 18.6 Å². The highest BCUT2D eigenvalue weighted by Gasteiger charge is 2.26. The van der Waals surface area contributed by atoms with E-state index in [-0.39, 0.29) is 15.6 Å². The smallest absolute Gasteiger partial charge is 0.410 e. The van der Waals surface area contributed by atoms with Crippen LogP contribution in [-0.2, 0) is 21.1 Å². The Bertz CT molecular complexity index is 931. The van der Waals surface area contributed by atoms with Crippen LogP contribution in [-0.4, -0.2) is 39.2 Å². The van der Waals surface area contributed by atoms with Crippen molar-refractivity contribution in [1.82, 2.24) is 4.90 Å². The fourth-order valence-electron chi connectivity index (χ4n) is 2.17. The third-order valence-electron chi connectivity index (χ3n) is 3.40. The lowest BCUT2D eigenvalue weighted by Gasteiger charge is -2.24. The highest BCUT2D eigenvalue weighted by Crippen LogP contribution is 2.36. The van der Waals surface area contributed by atoms with Crippen molar-refractivity contribution in [2.45, 2.75) is 42.0 Å². The molecule has 0 spiro atoms. The van der Waals surface area contributed by atoms with Crippen molar-refractivity contribution >= 4 is 43.2 Å². The van der Waals surface area contributed by atoms with Gasteiger partial charge in [0.25, 0.3) is 0 Å². The molecule has 1 aromatic carbocycles. The zero-order chi connectivity index (χ0) is 20.4. The molecule has 2 rings (SSSR count). The summed E-state index contributed by atoms with van der Waals surface area (Å²) in [5, 5.41) is 0. The van der Waals surface area contributed by atoms with E-state index in [1.807, 2.05) is 0 Å². The van der Waals surface area contributed by atoms with Crippen molar-refractivity contribution in [3.63, 3.8) is 0 Å². The van der Waals surface area contributed by atoms with Crippen LogP contribution in [0.25, 0.3) is 0 Å². The summed E-state index contributed by atoms with van der Waals surface area (Å²) in [7, 11) is -0.617. The fourth-order valence-corrected chi connectivity index (χ4v) is 6.42. The van der Waals surface area contributed by atoms with Gasteiger partial charge in [-0.3, -0.25) is 0 Å². The van der Waals surface area contributed by atoms with Gasteiger partial charge in [0.15, 0.2) is 0 Å². The first kappa shape index (κ1) is 21.7. The Balaban J connectivity index is 2.26. The summed E-state index contributed by atoms with van der Waals surface area (Å²) < 4.78 is 37.0. The number of amides is 1. The van der Waals surface area contributed by atoms with Crippen LogP contribution in [0.15, 0.2) is 43.9 Å². The summed E-state index contributed by atoms with van der Waals surface area (Å²) in [6.07, 6.45) is -0.468. The normalized spacial score (nSPS) is 11.9.